The normalized spacial score (nSPS) is 15.7. The molecule has 0 bridgehead atoms. The van der Waals surface area contributed by atoms with Gasteiger partial charge in [-0.15, -0.1) is 5.10 Å². The summed E-state index contributed by atoms with van der Waals surface area (Å²) in [7, 11) is 0. The van der Waals surface area contributed by atoms with Crippen LogP contribution in [0.2, 0.25) is 0 Å². The van der Waals surface area contributed by atoms with Crippen LogP contribution in [0.25, 0.3) is 22.7 Å². The van der Waals surface area contributed by atoms with Crippen molar-refractivity contribution in [2.45, 2.75) is 39.4 Å². The second kappa shape index (κ2) is 10.4. The van der Waals surface area contributed by atoms with Crippen molar-refractivity contribution in [2.24, 2.45) is 0 Å². The molecule has 202 valence electrons. The van der Waals surface area contributed by atoms with Crippen LogP contribution in [0.4, 0.5) is 11.5 Å². The Kier molecular flexibility index (Phi) is 6.59. The Bertz CT molecular complexity index is 1730. The van der Waals surface area contributed by atoms with Gasteiger partial charge in [-0.05, 0) is 70.1 Å². The second-order valence-electron chi connectivity index (χ2n) is 9.82. The van der Waals surface area contributed by atoms with Crippen molar-refractivity contribution in [3.63, 3.8) is 0 Å². The third-order valence-corrected chi connectivity index (χ3v) is 6.81. The summed E-state index contributed by atoms with van der Waals surface area (Å²) in [5, 5.41) is 39.2. The van der Waals surface area contributed by atoms with Crippen LogP contribution in [0, 0.1) is 25.2 Å². The largest absolute Gasteiger partial charge is 0.487 e. The third kappa shape index (κ3) is 4.84. The predicted molar refractivity (Wildman–Crippen MR) is 148 cm³/mol. The van der Waals surface area contributed by atoms with Gasteiger partial charge < -0.3 is 20.5 Å². The van der Waals surface area contributed by atoms with E-state index in [1.165, 1.54) is 0 Å². The van der Waals surface area contributed by atoms with Gasteiger partial charge in [0.2, 0.25) is 0 Å². The van der Waals surface area contributed by atoms with Gasteiger partial charge in [0.1, 0.15) is 30.1 Å². The van der Waals surface area contributed by atoms with E-state index < -0.39 is 6.10 Å². The average molecular weight is 537 g/mol. The Balaban J connectivity index is 1.45. The van der Waals surface area contributed by atoms with E-state index in [4.69, 9.17) is 9.72 Å². The molecule has 1 aliphatic heterocycles. The standard InChI is InChI=1S/C28H28N10O2/c1-16-4-6-26(35-34-16)32-23-11-22-24(12-25(23)40-20-8-9-30-14-20)37(15-31-22)27-7-5-21(18(3)39)28(33-27)38-17(2)10-19(13-29)36-38/h4-7,10-12,15,18,20,30,39H,8-9,14H2,1-3H3,(H,32,35). The van der Waals surface area contributed by atoms with Gasteiger partial charge in [0.05, 0.1) is 28.5 Å². The number of rotatable bonds is 7. The molecule has 1 aliphatic rings. The van der Waals surface area contributed by atoms with Crippen molar-refractivity contribution in [3.05, 3.63) is 71.4 Å². The Labute approximate surface area is 230 Å². The molecule has 40 heavy (non-hydrogen) atoms. The number of anilines is 2. The minimum Gasteiger partial charge on any atom is -0.487 e. The summed E-state index contributed by atoms with van der Waals surface area (Å²) >= 11 is 0. The molecule has 5 aromatic rings. The number of benzene rings is 1. The highest BCUT2D eigenvalue weighted by Gasteiger charge is 2.21. The molecule has 12 nitrogen and oxygen atoms in total. The summed E-state index contributed by atoms with van der Waals surface area (Å²) in [5.41, 5.74) is 4.68. The first kappa shape index (κ1) is 25.4. The number of nitrogens with one attached hydrogen (secondary N) is 2. The first-order valence-electron chi connectivity index (χ1n) is 13.0. The Morgan fingerprint density at radius 1 is 1.18 bits per heavy atom. The maximum atomic E-state index is 10.4. The molecule has 3 N–H and O–H groups in total. The fourth-order valence-corrected chi connectivity index (χ4v) is 4.75. The molecule has 0 saturated carbocycles. The summed E-state index contributed by atoms with van der Waals surface area (Å²) in [4.78, 5) is 9.51. The molecule has 0 amide bonds. The Morgan fingerprint density at radius 2 is 2.05 bits per heavy atom. The first-order valence-corrected chi connectivity index (χ1v) is 13.0. The van der Waals surface area contributed by atoms with Crippen LogP contribution in [0.15, 0.2) is 48.8 Å². The van der Waals surface area contributed by atoms with Crippen LogP contribution in [0.5, 0.6) is 5.75 Å². The highest BCUT2D eigenvalue weighted by molar-refractivity contribution is 5.86. The van der Waals surface area contributed by atoms with Crippen molar-refractivity contribution in [1.82, 2.24) is 39.8 Å². The second-order valence-corrected chi connectivity index (χ2v) is 9.82. The van der Waals surface area contributed by atoms with Gasteiger partial charge in [0, 0.05) is 23.9 Å². The lowest BCUT2D eigenvalue weighted by atomic mass is 10.1. The topological polar surface area (TPSA) is 152 Å². The number of aliphatic hydroxyl groups is 1. The molecule has 4 aromatic heterocycles. The molecule has 2 atom stereocenters. The number of aryl methyl sites for hydroxylation is 2. The summed E-state index contributed by atoms with van der Waals surface area (Å²) in [6.07, 6.45) is 1.85. The van der Waals surface area contributed by atoms with Crippen molar-refractivity contribution >= 4 is 22.5 Å². The van der Waals surface area contributed by atoms with Crippen LogP contribution in [-0.4, -0.2) is 58.8 Å². The van der Waals surface area contributed by atoms with Gasteiger partial charge in [0.15, 0.2) is 17.3 Å². The minimum atomic E-state index is -0.788. The molecule has 0 aliphatic carbocycles. The number of aliphatic hydroxyl groups excluding tert-OH is 1. The first-order chi connectivity index (χ1) is 19.4. The van der Waals surface area contributed by atoms with E-state index >= 15 is 0 Å². The van der Waals surface area contributed by atoms with Gasteiger partial charge >= 0.3 is 0 Å². The SMILES string of the molecule is Cc1ccc(Nc2cc3ncn(-c4ccc(C(C)O)c(-n5nc(C#N)cc5C)n4)c3cc2OC2CCNC2)nn1. The van der Waals surface area contributed by atoms with Crippen molar-refractivity contribution in [3.8, 4) is 23.5 Å². The third-order valence-electron chi connectivity index (χ3n) is 6.81. The van der Waals surface area contributed by atoms with Crippen molar-refractivity contribution in [2.75, 3.05) is 18.4 Å². The predicted octanol–water partition coefficient (Wildman–Crippen LogP) is 3.42. The van der Waals surface area contributed by atoms with E-state index in [0.29, 0.717) is 28.8 Å². The van der Waals surface area contributed by atoms with E-state index in [2.05, 4.69) is 37.0 Å². The quantitative estimate of drug-likeness (QED) is 0.282. The zero-order valence-corrected chi connectivity index (χ0v) is 22.3. The van der Waals surface area contributed by atoms with Gasteiger partial charge in [-0.3, -0.25) is 4.57 Å². The van der Waals surface area contributed by atoms with Gasteiger partial charge in [0.25, 0.3) is 0 Å². The number of fused-ring (bicyclic) bond motifs is 1. The average Bonchev–Trinajstić information content (AvgIpc) is 3.70. The summed E-state index contributed by atoms with van der Waals surface area (Å²) in [6.45, 7) is 7.07. The molecule has 0 spiro atoms. The van der Waals surface area contributed by atoms with Gasteiger partial charge in [-0.25, -0.2) is 14.6 Å². The summed E-state index contributed by atoms with van der Waals surface area (Å²) in [6, 6.07) is 15.0. The number of pyridine rings is 1. The van der Waals surface area contributed by atoms with E-state index in [1.807, 2.05) is 54.8 Å². The molecule has 1 aromatic carbocycles. The fraction of sp³-hybridized carbons (Fsp3) is 0.286. The number of aromatic nitrogens is 7. The maximum Gasteiger partial charge on any atom is 0.163 e. The maximum absolute atomic E-state index is 10.4. The molecular weight excluding hydrogens is 508 g/mol. The van der Waals surface area contributed by atoms with E-state index in [1.54, 1.807) is 24.0 Å². The fourth-order valence-electron chi connectivity index (χ4n) is 4.75. The van der Waals surface area contributed by atoms with Crippen LogP contribution in [0.3, 0.4) is 0 Å². The summed E-state index contributed by atoms with van der Waals surface area (Å²) < 4.78 is 9.88. The Hall–Kier alpha value is -4.86. The van der Waals surface area contributed by atoms with Crippen LogP contribution >= 0.6 is 0 Å². The highest BCUT2D eigenvalue weighted by atomic mass is 16.5. The zero-order valence-electron chi connectivity index (χ0n) is 22.3. The lowest BCUT2D eigenvalue weighted by molar-refractivity contribution is 0.198. The number of ether oxygens (including phenoxy) is 1. The molecule has 12 heteroatoms. The number of imidazole rings is 1. The van der Waals surface area contributed by atoms with Crippen LogP contribution < -0.4 is 15.4 Å². The molecule has 1 fully saturated rings. The zero-order chi connectivity index (χ0) is 27.8. The van der Waals surface area contributed by atoms with Gasteiger partial charge in [-0.1, -0.05) is 0 Å². The number of hydrogen-bond acceptors (Lipinski definition) is 10. The van der Waals surface area contributed by atoms with E-state index in [-0.39, 0.29) is 11.8 Å². The van der Waals surface area contributed by atoms with Crippen LogP contribution in [-0.2, 0) is 0 Å². The molecule has 0 radical (unpaired) electrons. The number of nitrogens with zero attached hydrogens (tertiary/aromatic N) is 8. The molecule has 6 rings (SSSR count). The van der Waals surface area contributed by atoms with E-state index in [0.717, 1.165) is 47.6 Å². The van der Waals surface area contributed by atoms with Crippen molar-refractivity contribution < 1.29 is 9.84 Å². The summed E-state index contributed by atoms with van der Waals surface area (Å²) in [5.74, 6) is 2.28. The van der Waals surface area contributed by atoms with E-state index in [9.17, 15) is 10.4 Å². The molecule has 1 saturated heterocycles. The van der Waals surface area contributed by atoms with Crippen molar-refractivity contribution in [1.29, 1.82) is 5.26 Å². The monoisotopic (exact) mass is 536 g/mol. The smallest absolute Gasteiger partial charge is 0.163 e. The highest BCUT2D eigenvalue weighted by Crippen LogP contribution is 2.34. The van der Waals surface area contributed by atoms with Crippen LogP contribution in [0.1, 0.15) is 42.1 Å². The molecule has 5 heterocycles. The number of hydrogen-bond donors (Lipinski definition) is 3. The lowest BCUT2D eigenvalue weighted by Crippen LogP contribution is -2.20. The van der Waals surface area contributed by atoms with Gasteiger partial charge in [-0.2, -0.15) is 15.5 Å². The minimum absolute atomic E-state index is 0.0330. The molecule has 2 unspecified atom stereocenters. The Morgan fingerprint density at radius 3 is 2.75 bits per heavy atom. The molecular formula is C28H28N10O2. The number of nitriles is 1. The lowest BCUT2D eigenvalue weighted by Gasteiger charge is -2.18.